The second-order valence-corrected chi connectivity index (χ2v) is 9.33. The third kappa shape index (κ3) is 4.40. The Kier molecular flexibility index (Phi) is 6.63. The lowest BCUT2D eigenvalue weighted by Gasteiger charge is -2.32. The number of halogens is 1. The Labute approximate surface area is 172 Å². The zero-order valence-corrected chi connectivity index (χ0v) is 18.5. The summed E-state index contributed by atoms with van der Waals surface area (Å²) in [6, 6.07) is 5.86. The minimum absolute atomic E-state index is 0.0633. The van der Waals surface area contributed by atoms with Crippen LogP contribution in [-0.2, 0) is 11.3 Å². The highest BCUT2D eigenvalue weighted by molar-refractivity contribution is 9.10. The lowest BCUT2D eigenvalue weighted by Crippen LogP contribution is -2.42. The second-order valence-electron chi connectivity index (χ2n) is 7.11. The third-order valence-electron chi connectivity index (χ3n) is 5.30. The number of carbonyl (C=O) groups excluding carboxylic acids is 1. The molecule has 1 fully saturated rings. The predicted octanol–water partition coefficient (Wildman–Crippen LogP) is 4.45. The number of nitrogens with zero attached hydrogens (tertiary/aromatic N) is 3. The lowest BCUT2D eigenvalue weighted by molar-refractivity contribution is -0.131. The molecule has 27 heavy (non-hydrogen) atoms. The van der Waals surface area contributed by atoms with Crippen molar-refractivity contribution in [1.29, 1.82) is 0 Å². The maximum Gasteiger partial charge on any atom is 0.262 e. The van der Waals surface area contributed by atoms with Gasteiger partial charge < -0.3 is 4.90 Å². The topological polar surface area (TPSA) is 55.2 Å². The van der Waals surface area contributed by atoms with Gasteiger partial charge in [0.2, 0.25) is 5.91 Å². The smallest absolute Gasteiger partial charge is 0.262 e. The van der Waals surface area contributed by atoms with Crippen molar-refractivity contribution < 1.29 is 4.79 Å². The molecule has 2 aromatic rings. The van der Waals surface area contributed by atoms with E-state index in [1.165, 1.54) is 31.0 Å². The summed E-state index contributed by atoms with van der Waals surface area (Å²) in [5, 5.41) is 0.915. The highest BCUT2D eigenvalue weighted by Crippen LogP contribution is 2.27. The summed E-state index contributed by atoms with van der Waals surface area (Å²) in [5.41, 5.74) is 0.599. The third-order valence-corrected chi connectivity index (χ3v) is 6.87. The van der Waals surface area contributed by atoms with Crippen molar-refractivity contribution in [3.8, 4) is 0 Å². The van der Waals surface area contributed by atoms with E-state index in [1.807, 2.05) is 37.9 Å². The molecule has 0 saturated heterocycles. The van der Waals surface area contributed by atoms with Crippen LogP contribution in [0.1, 0.15) is 46.0 Å². The average Bonchev–Trinajstić information content (AvgIpc) is 2.68. The number of aromatic nitrogens is 2. The van der Waals surface area contributed by atoms with Crippen LogP contribution in [0.2, 0.25) is 0 Å². The first-order valence-electron chi connectivity index (χ1n) is 9.55. The summed E-state index contributed by atoms with van der Waals surface area (Å²) in [4.78, 5) is 32.4. The van der Waals surface area contributed by atoms with Gasteiger partial charge in [0.1, 0.15) is 0 Å². The summed E-state index contributed by atoms with van der Waals surface area (Å²) in [5.74, 6) is 0.111. The van der Waals surface area contributed by atoms with Crippen molar-refractivity contribution in [3.05, 3.63) is 33.0 Å². The number of carbonyl (C=O) groups is 1. The molecule has 1 saturated carbocycles. The van der Waals surface area contributed by atoms with Gasteiger partial charge in [-0.3, -0.25) is 14.2 Å². The molecule has 3 rings (SSSR count). The molecular weight excluding hydrogens is 426 g/mol. The zero-order chi connectivity index (χ0) is 19.6. The maximum absolute atomic E-state index is 12.9. The summed E-state index contributed by atoms with van der Waals surface area (Å²) in [6.07, 6.45) is 5.83. The summed E-state index contributed by atoms with van der Waals surface area (Å²) < 4.78 is 2.51. The van der Waals surface area contributed by atoms with Gasteiger partial charge in [0.15, 0.2) is 5.16 Å². The molecule has 1 heterocycles. The van der Waals surface area contributed by atoms with Gasteiger partial charge in [-0.2, -0.15) is 0 Å². The first-order chi connectivity index (χ1) is 12.9. The number of amides is 1. The van der Waals surface area contributed by atoms with Gasteiger partial charge in [0.05, 0.1) is 16.2 Å². The van der Waals surface area contributed by atoms with E-state index in [-0.39, 0.29) is 16.7 Å². The van der Waals surface area contributed by atoms with Crippen molar-refractivity contribution in [2.24, 2.45) is 0 Å². The number of hydrogen-bond donors (Lipinski definition) is 0. The Morgan fingerprint density at radius 1 is 1.37 bits per heavy atom. The van der Waals surface area contributed by atoms with Gasteiger partial charge in [-0.15, -0.1) is 0 Å². The second kappa shape index (κ2) is 8.78. The first kappa shape index (κ1) is 20.4. The van der Waals surface area contributed by atoms with Crippen LogP contribution in [0.15, 0.2) is 32.6 Å². The first-order valence-corrected chi connectivity index (χ1v) is 11.2. The molecule has 0 radical (unpaired) electrons. The molecule has 1 amide bonds. The molecule has 146 valence electrons. The van der Waals surface area contributed by atoms with Gasteiger partial charge >= 0.3 is 0 Å². The predicted molar refractivity (Wildman–Crippen MR) is 114 cm³/mol. The molecule has 1 aliphatic rings. The molecule has 5 nitrogen and oxygen atoms in total. The van der Waals surface area contributed by atoms with Crippen LogP contribution in [-0.4, -0.2) is 38.7 Å². The summed E-state index contributed by atoms with van der Waals surface area (Å²) in [6.45, 7) is 4.36. The number of benzene rings is 1. The van der Waals surface area contributed by atoms with E-state index in [0.29, 0.717) is 28.6 Å². The Hall–Kier alpha value is -1.34. The van der Waals surface area contributed by atoms with Crippen LogP contribution in [0, 0.1) is 0 Å². The molecule has 1 aromatic carbocycles. The SMILES string of the molecule is CCn1c(SC(C)C(=O)N(C)C2CCCCC2)nc2ccc(Br)cc2c1=O. The van der Waals surface area contributed by atoms with E-state index < -0.39 is 0 Å². The Morgan fingerprint density at radius 2 is 2.07 bits per heavy atom. The van der Waals surface area contributed by atoms with Crippen LogP contribution in [0.4, 0.5) is 0 Å². The molecule has 0 aliphatic heterocycles. The fourth-order valence-electron chi connectivity index (χ4n) is 3.69. The molecule has 1 unspecified atom stereocenters. The van der Waals surface area contributed by atoms with Crippen LogP contribution >= 0.6 is 27.7 Å². The fraction of sp³-hybridized carbons (Fsp3) is 0.550. The van der Waals surface area contributed by atoms with Crippen molar-refractivity contribution in [2.75, 3.05) is 7.05 Å². The molecule has 7 heteroatoms. The van der Waals surface area contributed by atoms with E-state index in [9.17, 15) is 9.59 Å². The van der Waals surface area contributed by atoms with E-state index in [1.54, 1.807) is 10.6 Å². The number of fused-ring (bicyclic) bond motifs is 1. The highest BCUT2D eigenvalue weighted by atomic mass is 79.9. The van der Waals surface area contributed by atoms with Crippen LogP contribution in [0.3, 0.4) is 0 Å². The van der Waals surface area contributed by atoms with Gasteiger partial charge in [-0.25, -0.2) is 4.98 Å². The normalized spacial score (nSPS) is 16.4. The molecule has 0 N–H and O–H groups in total. The number of hydrogen-bond acceptors (Lipinski definition) is 4. The summed E-state index contributed by atoms with van der Waals surface area (Å²) >= 11 is 4.79. The van der Waals surface area contributed by atoms with E-state index in [0.717, 1.165) is 17.3 Å². The largest absolute Gasteiger partial charge is 0.342 e. The average molecular weight is 452 g/mol. The minimum Gasteiger partial charge on any atom is -0.342 e. The van der Waals surface area contributed by atoms with E-state index in [2.05, 4.69) is 20.9 Å². The lowest BCUT2D eigenvalue weighted by atomic mass is 9.94. The molecule has 0 bridgehead atoms. The number of thioether (sulfide) groups is 1. The van der Waals surface area contributed by atoms with E-state index in [4.69, 9.17) is 0 Å². The Bertz CT molecular complexity index is 893. The van der Waals surface area contributed by atoms with Gasteiger partial charge in [-0.1, -0.05) is 47.0 Å². The molecule has 0 spiro atoms. The maximum atomic E-state index is 12.9. The highest BCUT2D eigenvalue weighted by Gasteiger charge is 2.27. The molecule has 1 atom stereocenters. The van der Waals surface area contributed by atoms with Crippen molar-refractivity contribution in [2.45, 2.75) is 68.9 Å². The molecule has 1 aliphatic carbocycles. The van der Waals surface area contributed by atoms with Crippen molar-refractivity contribution >= 4 is 44.5 Å². The standard InChI is InChI=1S/C20H26BrN3O2S/c1-4-24-19(26)16-12-14(21)10-11-17(16)22-20(24)27-13(2)18(25)23(3)15-8-6-5-7-9-15/h10-13,15H,4-9H2,1-3H3. The quantitative estimate of drug-likeness (QED) is 0.497. The Morgan fingerprint density at radius 3 is 2.74 bits per heavy atom. The van der Waals surface area contributed by atoms with Crippen LogP contribution in [0.5, 0.6) is 0 Å². The zero-order valence-electron chi connectivity index (χ0n) is 16.1. The van der Waals surface area contributed by atoms with Crippen molar-refractivity contribution in [1.82, 2.24) is 14.5 Å². The fourth-order valence-corrected chi connectivity index (χ4v) is 5.12. The van der Waals surface area contributed by atoms with Gasteiger partial charge in [0, 0.05) is 24.1 Å². The van der Waals surface area contributed by atoms with Crippen molar-refractivity contribution in [3.63, 3.8) is 0 Å². The van der Waals surface area contributed by atoms with E-state index >= 15 is 0 Å². The van der Waals surface area contributed by atoms with Crippen LogP contribution in [0.25, 0.3) is 10.9 Å². The van der Waals surface area contributed by atoms with Crippen LogP contribution < -0.4 is 5.56 Å². The molecular formula is C20H26BrN3O2S. The Balaban J connectivity index is 1.85. The minimum atomic E-state index is -0.283. The monoisotopic (exact) mass is 451 g/mol. The van der Waals surface area contributed by atoms with Gasteiger partial charge in [-0.05, 0) is 44.9 Å². The number of rotatable bonds is 5. The van der Waals surface area contributed by atoms with Gasteiger partial charge in [0.25, 0.3) is 5.56 Å². The summed E-state index contributed by atoms with van der Waals surface area (Å²) in [7, 11) is 1.91. The molecule has 1 aromatic heterocycles.